The molecule has 0 aliphatic rings. The number of hydrogen-bond acceptors (Lipinski definition) is 6. The molecule has 144 valence electrons. The molecule has 29 heavy (non-hydrogen) atoms. The van der Waals surface area contributed by atoms with E-state index in [1.54, 1.807) is 30.5 Å². The van der Waals surface area contributed by atoms with Gasteiger partial charge in [0.15, 0.2) is 16.3 Å². The van der Waals surface area contributed by atoms with Crippen LogP contribution in [0.3, 0.4) is 0 Å². The highest BCUT2D eigenvalue weighted by Crippen LogP contribution is 2.29. The summed E-state index contributed by atoms with van der Waals surface area (Å²) in [6, 6.07) is 12.7. The van der Waals surface area contributed by atoms with Gasteiger partial charge in [-0.15, -0.1) is 0 Å². The van der Waals surface area contributed by atoms with Crippen LogP contribution in [0.1, 0.15) is 11.3 Å². The number of pyridine rings is 1. The largest absolute Gasteiger partial charge is 0.465 e. The number of carbonyl (C=O) groups excluding carboxylic acids is 1. The fraction of sp³-hybridized carbons (Fsp3) is 0.0476. The molecule has 0 aliphatic heterocycles. The average molecular weight is 404 g/mol. The number of nitrogens with one attached hydrogen (secondary N) is 2. The maximum absolute atomic E-state index is 12.0. The Bertz CT molecular complexity index is 1180. The Balaban J connectivity index is 1.48. The Hall–Kier alpha value is -3.78. The molecule has 1 aromatic carbocycles. The summed E-state index contributed by atoms with van der Waals surface area (Å²) in [6.07, 6.45) is 6.11. The number of benzene rings is 1. The fourth-order valence-corrected chi connectivity index (χ4v) is 2.95. The first kappa shape index (κ1) is 18.6. The van der Waals surface area contributed by atoms with Crippen LogP contribution in [0.5, 0.6) is 0 Å². The Morgan fingerprint density at radius 1 is 1.17 bits per heavy atom. The van der Waals surface area contributed by atoms with Gasteiger partial charge in [0.2, 0.25) is 11.8 Å². The summed E-state index contributed by atoms with van der Waals surface area (Å²) in [5, 5.41) is 5.82. The van der Waals surface area contributed by atoms with Gasteiger partial charge in [-0.05, 0) is 67.2 Å². The van der Waals surface area contributed by atoms with Crippen molar-refractivity contribution in [2.24, 2.45) is 0 Å². The van der Waals surface area contributed by atoms with Crippen LogP contribution in [0.25, 0.3) is 28.8 Å². The van der Waals surface area contributed by atoms with E-state index in [1.807, 2.05) is 31.2 Å². The molecule has 0 fully saturated rings. The van der Waals surface area contributed by atoms with Crippen molar-refractivity contribution in [1.82, 2.24) is 15.3 Å². The van der Waals surface area contributed by atoms with E-state index < -0.39 is 0 Å². The molecule has 3 aromatic heterocycles. The van der Waals surface area contributed by atoms with Crippen LogP contribution in [0, 0.1) is 6.92 Å². The van der Waals surface area contributed by atoms with Gasteiger partial charge in [-0.2, -0.15) is 4.98 Å². The molecular weight excluding hydrogens is 388 g/mol. The SMILES string of the molecule is Cc1c(NC(=S)NC(=O)C=Cc2ccco2)cccc1-c1nc2ncccc2o1. The molecule has 2 N–H and O–H groups in total. The Morgan fingerprint density at radius 3 is 2.86 bits per heavy atom. The zero-order valence-corrected chi connectivity index (χ0v) is 16.2. The van der Waals surface area contributed by atoms with Crippen molar-refractivity contribution < 1.29 is 13.6 Å². The minimum Gasteiger partial charge on any atom is -0.465 e. The molecule has 1 amide bonds. The summed E-state index contributed by atoms with van der Waals surface area (Å²) >= 11 is 5.25. The van der Waals surface area contributed by atoms with E-state index in [-0.39, 0.29) is 11.0 Å². The van der Waals surface area contributed by atoms with Crippen LogP contribution < -0.4 is 10.6 Å². The number of furan rings is 1. The van der Waals surface area contributed by atoms with Gasteiger partial charge >= 0.3 is 0 Å². The van der Waals surface area contributed by atoms with Crippen LogP contribution in [-0.2, 0) is 4.79 Å². The third kappa shape index (κ3) is 4.22. The highest BCUT2D eigenvalue weighted by Gasteiger charge is 2.14. The molecule has 0 bridgehead atoms. The molecule has 0 aliphatic carbocycles. The second-order valence-corrected chi connectivity index (χ2v) is 6.52. The molecule has 8 heteroatoms. The quantitative estimate of drug-likeness (QED) is 0.386. The van der Waals surface area contributed by atoms with Crippen molar-refractivity contribution in [2.45, 2.75) is 6.92 Å². The molecule has 3 heterocycles. The van der Waals surface area contributed by atoms with Gasteiger partial charge in [-0.25, -0.2) is 4.98 Å². The summed E-state index contributed by atoms with van der Waals surface area (Å²) in [6.45, 7) is 1.92. The molecule has 0 unspecified atom stereocenters. The van der Waals surface area contributed by atoms with Crippen LogP contribution in [0.4, 0.5) is 5.69 Å². The molecule has 7 nitrogen and oxygen atoms in total. The lowest BCUT2D eigenvalue weighted by Gasteiger charge is -2.12. The molecule has 0 spiro atoms. The van der Waals surface area contributed by atoms with Crippen molar-refractivity contribution in [3.63, 3.8) is 0 Å². The Kier molecular flexibility index (Phi) is 5.17. The fourth-order valence-electron chi connectivity index (χ4n) is 2.74. The summed E-state index contributed by atoms with van der Waals surface area (Å²) in [7, 11) is 0. The van der Waals surface area contributed by atoms with Crippen LogP contribution in [0.2, 0.25) is 0 Å². The smallest absolute Gasteiger partial charge is 0.250 e. The predicted octanol–water partition coefficient (Wildman–Crippen LogP) is 4.32. The van der Waals surface area contributed by atoms with E-state index in [9.17, 15) is 4.79 Å². The normalized spacial score (nSPS) is 11.1. The Morgan fingerprint density at radius 2 is 2.07 bits per heavy atom. The molecule has 0 radical (unpaired) electrons. The number of carbonyl (C=O) groups is 1. The number of thiocarbonyl (C=S) groups is 1. The maximum atomic E-state index is 12.0. The zero-order valence-electron chi connectivity index (χ0n) is 15.4. The number of anilines is 1. The summed E-state index contributed by atoms with van der Waals surface area (Å²) < 4.78 is 10.9. The first-order valence-corrected chi connectivity index (χ1v) is 9.16. The standard InChI is InChI=1S/C21H16N4O3S/c1-13-15(20-25-19-17(28-20)8-3-11-22-19)6-2-7-16(13)23-21(29)24-18(26)10-9-14-5-4-12-27-14/h2-12H,1H3,(H2,23,24,26,29). The van der Waals surface area contributed by atoms with E-state index in [4.69, 9.17) is 21.1 Å². The third-order valence-electron chi connectivity index (χ3n) is 4.16. The number of aromatic nitrogens is 2. The van der Waals surface area contributed by atoms with E-state index in [0.29, 0.717) is 22.9 Å². The number of rotatable bonds is 4. The molecule has 0 saturated carbocycles. The molecular formula is C21H16N4O3S. The van der Waals surface area contributed by atoms with Crippen molar-refractivity contribution in [3.05, 3.63) is 72.3 Å². The monoisotopic (exact) mass is 404 g/mol. The van der Waals surface area contributed by atoms with Gasteiger partial charge in [-0.1, -0.05) is 6.07 Å². The Labute approximate surface area is 171 Å². The van der Waals surface area contributed by atoms with Gasteiger partial charge in [-0.3, -0.25) is 10.1 Å². The third-order valence-corrected chi connectivity index (χ3v) is 4.36. The van der Waals surface area contributed by atoms with Gasteiger partial charge < -0.3 is 14.2 Å². The highest BCUT2D eigenvalue weighted by atomic mass is 32.1. The first-order valence-electron chi connectivity index (χ1n) is 8.75. The summed E-state index contributed by atoms with van der Waals surface area (Å²) in [5.41, 5.74) is 3.58. The molecule has 4 aromatic rings. The lowest BCUT2D eigenvalue weighted by molar-refractivity contribution is -0.115. The van der Waals surface area contributed by atoms with E-state index in [1.165, 1.54) is 12.3 Å². The van der Waals surface area contributed by atoms with Gasteiger partial charge in [0.05, 0.1) is 6.26 Å². The number of amides is 1. The van der Waals surface area contributed by atoms with E-state index >= 15 is 0 Å². The van der Waals surface area contributed by atoms with Crippen molar-refractivity contribution >= 4 is 46.2 Å². The zero-order chi connectivity index (χ0) is 20.2. The number of hydrogen-bond donors (Lipinski definition) is 2. The van der Waals surface area contributed by atoms with Crippen LogP contribution in [0.15, 0.2) is 69.8 Å². The molecule has 0 atom stereocenters. The van der Waals surface area contributed by atoms with Gasteiger partial charge in [0, 0.05) is 23.5 Å². The summed E-state index contributed by atoms with van der Waals surface area (Å²) in [5.74, 6) is 0.685. The van der Waals surface area contributed by atoms with Crippen LogP contribution in [-0.4, -0.2) is 21.0 Å². The molecule has 4 rings (SSSR count). The van der Waals surface area contributed by atoms with Crippen molar-refractivity contribution in [1.29, 1.82) is 0 Å². The first-order chi connectivity index (χ1) is 14.1. The van der Waals surface area contributed by atoms with Gasteiger partial charge in [0.1, 0.15) is 5.76 Å². The lowest BCUT2D eigenvalue weighted by atomic mass is 10.1. The molecule has 0 saturated heterocycles. The second-order valence-electron chi connectivity index (χ2n) is 6.11. The lowest BCUT2D eigenvalue weighted by Crippen LogP contribution is -2.33. The van der Waals surface area contributed by atoms with E-state index in [0.717, 1.165) is 16.8 Å². The number of nitrogens with zero attached hydrogens (tertiary/aromatic N) is 2. The maximum Gasteiger partial charge on any atom is 0.250 e. The highest BCUT2D eigenvalue weighted by molar-refractivity contribution is 7.80. The number of fused-ring (bicyclic) bond motifs is 1. The van der Waals surface area contributed by atoms with Crippen LogP contribution >= 0.6 is 12.2 Å². The summed E-state index contributed by atoms with van der Waals surface area (Å²) in [4.78, 5) is 20.6. The minimum atomic E-state index is -0.363. The van der Waals surface area contributed by atoms with Gasteiger partial charge in [0.25, 0.3) is 0 Å². The van der Waals surface area contributed by atoms with E-state index in [2.05, 4.69) is 20.6 Å². The van der Waals surface area contributed by atoms with Crippen molar-refractivity contribution in [3.8, 4) is 11.5 Å². The number of oxazole rings is 1. The average Bonchev–Trinajstić information content (AvgIpc) is 3.37. The van der Waals surface area contributed by atoms with Crippen molar-refractivity contribution in [2.75, 3.05) is 5.32 Å². The predicted molar refractivity (Wildman–Crippen MR) is 114 cm³/mol. The minimum absolute atomic E-state index is 0.179. The topological polar surface area (TPSA) is 93.2 Å². The second kappa shape index (κ2) is 8.07.